The van der Waals surface area contributed by atoms with Gasteiger partial charge in [0, 0.05) is 41.5 Å². The quantitative estimate of drug-likeness (QED) is 0.402. The number of ether oxygens (including phenoxy) is 1. The number of benzene rings is 1. The molecule has 160 valence electrons. The number of fused-ring (bicyclic) bond motifs is 2. The van der Waals surface area contributed by atoms with Crippen LogP contribution in [-0.2, 0) is 4.74 Å². The molecule has 4 heterocycles. The number of hydrogen-bond acceptors (Lipinski definition) is 8. The van der Waals surface area contributed by atoms with Gasteiger partial charge in [-0.25, -0.2) is 9.97 Å². The summed E-state index contributed by atoms with van der Waals surface area (Å²) in [7, 11) is 1.91. The number of aliphatic hydroxyl groups excluding tert-OH is 2. The third kappa shape index (κ3) is 3.51. The minimum atomic E-state index is -1.11. The molecule has 0 saturated carbocycles. The van der Waals surface area contributed by atoms with Crippen molar-refractivity contribution in [3.05, 3.63) is 53.5 Å². The number of halogens is 1. The molecule has 4 atom stereocenters. The van der Waals surface area contributed by atoms with E-state index in [1.807, 2.05) is 36.2 Å². The molecule has 1 fully saturated rings. The highest BCUT2D eigenvalue weighted by Crippen LogP contribution is 2.33. The minimum absolute atomic E-state index is 0.352. The highest BCUT2D eigenvalue weighted by molar-refractivity contribution is 9.10. The Kier molecular flexibility index (Phi) is 5.01. The third-order valence-corrected chi connectivity index (χ3v) is 6.11. The molecule has 0 bridgehead atoms. The maximum atomic E-state index is 10.7. The number of likely N-dealkylation sites (N-methyl/N-ethyl adjacent to an activating group) is 1. The molecule has 10 heteroatoms. The van der Waals surface area contributed by atoms with Gasteiger partial charge < -0.3 is 30.2 Å². The topological polar surface area (TPSA) is 123 Å². The largest absolute Gasteiger partial charge is 0.387 e. The number of nitrogen functional groups attached to an aromatic ring is 1. The number of nitrogens with two attached hydrogens (primary N) is 1. The van der Waals surface area contributed by atoms with E-state index in [1.165, 1.54) is 6.33 Å². The molecule has 1 aliphatic heterocycles. The maximum absolute atomic E-state index is 10.7. The predicted octanol–water partition coefficient (Wildman–Crippen LogP) is 2.08. The molecule has 1 aromatic carbocycles. The van der Waals surface area contributed by atoms with Gasteiger partial charge in [-0.15, -0.1) is 0 Å². The molecule has 4 N–H and O–H groups in total. The van der Waals surface area contributed by atoms with E-state index in [4.69, 9.17) is 10.5 Å². The first-order chi connectivity index (χ1) is 14.9. The predicted molar refractivity (Wildman–Crippen MR) is 121 cm³/mol. The Balaban J connectivity index is 1.37. The summed E-state index contributed by atoms with van der Waals surface area (Å²) in [6, 6.07) is 9.75. The van der Waals surface area contributed by atoms with Crippen LogP contribution in [0.5, 0.6) is 0 Å². The van der Waals surface area contributed by atoms with Gasteiger partial charge in [0.1, 0.15) is 36.1 Å². The first-order valence-electron chi connectivity index (χ1n) is 9.77. The Morgan fingerprint density at radius 3 is 2.84 bits per heavy atom. The number of rotatable bonds is 4. The molecule has 0 unspecified atom stereocenters. The standard InChI is InChI=1S/C21H21BrN6O3/c1-27(13-3-2-11-6-12(22)8-24-15(11)7-13)9-16-17(29)18(30)21(31-16)28-5-4-14-19(23)25-10-26-20(14)28/h2-8,10,16-18,21,29-30H,9H2,1H3,(H2,23,25,26)/t16-,17-,18-,21-/m1/s1. The van der Waals surface area contributed by atoms with Crippen LogP contribution >= 0.6 is 15.9 Å². The summed E-state index contributed by atoms with van der Waals surface area (Å²) in [5.74, 6) is 0.352. The molecule has 1 saturated heterocycles. The van der Waals surface area contributed by atoms with Gasteiger partial charge in [0.15, 0.2) is 6.23 Å². The van der Waals surface area contributed by atoms with E-state index in [0.717, 1.165) is 21.1 Å². The average molecular weight is 485 g/mol. The fourth-order valence-corrected chi connectivity index (χ4v) is 4.35. The lowest BCUT2D eigenvalue weighted by molar-refractivity contribution is -0.0320. The van der Waals surface area contributed by atoms with Gasteiger partial charge in [-0.05, 0) is 40.2 Å². The van der Waals surface area contributed by atoms with E-state index in [-0.39, 0.29) is 0 Å². The molecule has 0 aliphatic carbocycles. The van der Waals surface area contributed by atoms with Crippen LogP contribution in [0.3, 0.4) is 0 Å². The van der Waals surface area contributed by atoms with E-state index in [1.54, 1.807) is 23.0 Å². The lowest BCUT2D eigenvalue weighted by atomic mass is 10.1. The highest BCUT2D eigenvalue weighted by Gasteiger charge is 2.44. The van der Waals surface area contributed by atoms with Crippen molar-refractivity contribution in [3.63, 3.8) is 0 Å². The number of pyridine rings is 1. The summed E-state index contributed by atoms with van der Waals surface area (Å²) in [5, 5.41) is 23.0. The van der Waals surface area contributed by atoms with Gasteiger partial charge >= 0.3 is 0 Å². The summed E-state index contributed by atoms with van der Waals surface area (Å²) in [5.41, 5.74) is 8.25. The lowest BCUT2D eigenvalue weighted by Crippen LogP contribution is -2.38. The Labute approximate surface area is 186 Å². The van der Waals surface area contributed by atoms with Gasteiger partial charge in [-0.2, -0.15) is 0 Å². The molecule has 0 amide bonds. The molecule has 3 aromatic heterocycles. The fraction of sp³-hybridized carbons (Fsp3) is 0.286. The van der Waals surface area contributed by atoms with Crippen molar-refractivity contribution >= 4 is 49.4 Å². The Bertz CT molecular complexity index is 1260. The Hall–Kier alpha value is -2.79. The van der Waals surface area contributed by atoms with Crippen LogP contribution in [0.1, 0.15) is 6.23 Å². The molecule has 4 aromatic rings. The van der Waals surface area contributed by atoms with E-state index in [9.17, 15) is 10.2 Å². The number of hydrogen-bond donors (Lipinski definition) is 3. The first-order valence-corrected chi connectivity index (χ1v) is 10.6. The molecule has 9 nitrogen and oxygen atoms in total. The zero-order chi connectivity index (χ0) is 21.7. The monoisotopic (exact) mass is 484 g/mol. The van der Waals surface area contributed by atoms with Crippen LogP contribution in [0, 0.1) is 0 Å². The zero-order valence-corrected chi connectivity index (χ0v) is 18.2. The van der Waals surface area contributed by atoms with Crippen molar-refractivity contribution in [3.8, 4) is 0 Å². The molecule has 0 radical (unpaired) electrons. The van der Waals surface area contributed by atoms with Gasteiger partial charge in [0.2, 0.25) is 0 Å². The molecule has 5 rings (SSSR count). The second-order valence-electron chi connectivity index (χ2n) is 7.68. The Morgan fingerprint density at radius 1 is 1.16 bits per heavy atom. The molecule has 0 spiro atoms. The van der Waals surface area contributed by atoms with E-state index in [2.05, 4.69) is 30.9 Å². The SMILES string of the molecule is CN(C[C@H]1O[C@@H](n2ccc3c(N)ncnc32)[C@H](O)[C@@H]1O)c1ccc2cc(Br)cnc2c1. The van der Waals surface area contributed by atoms with Crippen molar-refractivity contribution in [2.45, 2.75) is 24.5 Å². The average Bonchev–Trinajstić information content (AvgIpc) is 3.30. The van der Waals surface area contributed by atoms with Crippen LogP contribution in [0.2, 0.25) is 0 Å². The van der Waals surface area contributed by atoms with Crippen LogP contribution in [0.15, 0.2) is 53.5 Å². The first kappa shape index (κ1) is 20.1. The smallest absolute Gasteiger partial charge is 0.164 e. The third-order valence-electron chi connectivity index (χ3n) is 5.68. The van der Waals surface area contributed by atoms with E-state index in [0.29, 0.717) is 23.4 Å². The Morgan fingerprint density at radius 2 is 2.00 bits per heavy atom. The summed E-state index contributed by atoms with van der Waals surface area (Å²) >= 11 is 3.43. The highest BCUT2D eigenvalue weighted by atomic mass is 79.9. The van der Waals surface area contributed by atoms with E-state index < -0.39 is 24.5 Å². The van der Waals surface area contributed by atoms with Crippen LogP contribution < -0.4 is 10.6 Å². The minimum Gasteiger partial charge on any atom is -0.387 e. The second-order valence-corrected chi connectivity index (χ2v) is 8.59. The number of aromatic nitrogens is 4. The molecular weight excluding hydrogens is 464 g/mol. The molecule has 1 aliphatic rings. The summed E-state index contributed by atoms with van der Waals surface area (Å²) in [6.45, 7) is 0.382. The summed E-state index contributed by atoms with van der Waals surface area (Å²) < 4.78 is 8.68. The van der Waals surface area contributed by atoms with Crippen LogP contribution in [0.25, 0.3) is 21.9 Å². The fourth-order valence-electron chi connectivity index (χ4n) is 4.00. The number of anilines is 2. The van der Waals surface area contributed by atoms with Crippen LogP contribution in [0.4, 0.5) is 11.5 Å². The van der Waals surface area contributed by atoms with Crippen molar-refractivity contribution < 1.29 is 14.9 Å². The van der Waals surface area contributed by atoms with Crippen molar-refractivity contribution in [2.75, 3.05) is 24.2 Å². The number of nitrogens with zero attached hydrogens (tertiary/aromatic N) is 5. The van der Waals surface area contributed by atoms with Crippen LogP contribution in [-0.4, -0.2) is 61.6 Å². The van der Waals surface area contributed by atoms with Gasteiger partial charge in [-0.1, -0.05) is 6.07 Å². The summed E-state index contributed by atoms with van der Waals surface area (Å²) in [4.78, 5) is 14.7. The van der Waals surface area contributed by atoms with Gasteiger partial charge in [0.25, 0.3) is 0 Å². The van der Waals surface area contributed by atoms with Crippen molar-refractivity contribution in [1.82, 2.24) is 19.5 Å². The van der Waals surface area contributed by atoms with Gasteiger partial charge in [0.05, 0.1) is 10.9 Å². The van der Waals surface area contributed by atoms with Crippen molar-refractivity contribution in [2.24, 2.45) is 0 Å². The lowest BCUT2D eigenvalue weighted by Gasteiger charge is -2.25. The van der Waals surface area contributed by atoms with E-state index >= 15 is 0 Å². The molecular formula is C21H21BrN6O3. The normalized spacial score (nSPS) is 23.6. The maximum Gasteiger partial charge on any atom is 0.164 e. The second kappa shape index (κ2) is 7.72. The molecule has 31 heavy (non-hydrogen) atoms. The van der Waals surface area contributed by atoms with Crippen molar-refractivity contribution in [1.29, 1.82) is 0 Å². The van der Waals surface area contributed by atoms with Gasteiger partial charge in [-0.3, -0.25) is 4.98 Å². The zero-order valence-electron chi connectivity index (χ0n) is 16.6. The number of aliphatic hydroxyl groups is 2. The summed E-state index contributed by atoms with van der Waals surface area (Å²) in [6.07, 6.45) is 1.30.